The topological polar surface area (TPSA) is 72.7 Å². The first-order valence-corrected chi connectivity index (χ1v) is 8.90. The second-order valence-electron chi connectivity index (χ2n) is 6.55. The zero-order chi connectivity index (χ0) is 16.6. The largest absolute Gasteiger partial charge is 0.352 e. The van der Waals surface area contributed by atoms with E-state index in [9.17, 15) is 4.79 Å². The highest BCUT2D eigenvalue weighted by Crippen LogP contribution is 2.19. The van der Waals surface area contributed by atoms with Gasteiger partial charge in [-0.1, -0.05) is 62.4 Å². The molecule has 0 bridgehead atoms. The number of aromatic nitrogens is 4. The van der Waals surface area contributed by atoms with Gasteiger partial charge in [-0.05, 0) is 28.8 Å². The van der Waals surface area contributed by atoms with E-state index in [1.807, 2.05) is 30.3 Å². The van der Waals surface area contributed by atoms with Crippen molar-refractivity contribution in [2.24, 2.45) is 0 Å². The van der Waals surface area contributed by atoms with Crippen molar-refractivity contribution in [3.63, 3.8) is 0 Å². The van der Waals surface area contributed by atoms with Crippen molar-refractivity contribution in [2.45, 2.75) is 63.5 Å². The van der Waals surface area contributed by atoms with Crippen molar-refractivity contribution in [3.8, 4) is 0 Å². The summed E-state index contributed by atoms with van der Waals surface area (Å²) in [6.07, 6.45) is 10.5. The van der Waals surface area contributed by atoms with Gasteiger partial charge >= 0.3 is 0 Å². The fourth-order valence-corrected chi connectivity index (χ4v) is 3.35. The maximum Gasteiger partial charge on any atom is 0.245 e. The minimum Gasteiger partial charge on any atom is -0.352 e. The Kier molecular flexibility index (Phi) is 5.93. The van der Waals surface area contributed by atoms with Crippen LogP contribution >= 0.6 is 0 Å². The molecule has 0 unspecified atom stereocenters. The van der Waals surface area contributed by atoms with Crippen molar-refractivity contribution >= 4 is 5.91 Å². The molecule has 1 aliphatic rings. The third-order valence-electron chi connectivity index (χ3n) is 4.71. The molecule has 1 amide bonds. The lowest BCUT2D eigenvalue weighted by Gasteiger charge is -2.24. The van der Waals surface area contributed by atoms with Crippen molar-refractivity contribution in [1.29, 1.82) is 0 Å². The Bertz CT molecular complexity index is 606. The summed E-state index contributed by atoms with van der Waals surface area (Å²) in [5.74, 6) is 0.0109. The highest BCUT2D eigenvalue weighted by atomic mass is 16.2. The lowest BCUT2D eigenvalue weighted by Crippen LogP contribution is -2.41. The zero-order valence-corrected chi connectivity index (χ0v) is 14.0. The Labute approximate surface area is 142 Å². The minimum atomic E-state index is -0.409. The van der Waals surface area contributed by atoms with Crippen LogP contribution < -0.4 is 5.32 Å². The van der Waals surface area contributed by atoms with E-state index >= 15 is 0 Å². The van der Waals surface area contributed by atoms with Gasteiger partial charge in [0.1, 0.15) is 12.4 Å². The quantitative estimate of drug-likeness (QED) is 0.916. The molecule has 0 radical (unpaired) electrons. The predicted octanol–water partition coefficient (Wildman–Crippen LogP) is 2.69. The molecule has 1 fully saturated rings. The molecule has 1 N–H and O–H groups in total. The third kappa shape index (κ3) is 4.63. The Balaban J connectivity index is 1.68. The summed E-state index contributed by atoms with van der Waals surface area (Å²) in [5, 5.41) is 14.6. The molecule has 1 saturated carbocycles. The lowest BCUT2D eigenvalue weighted by atomic mass is 9.96. The van der Waals surface area contributed by atoms with Crippen LogP contribution in [-0.4, -0.2) is 32.2 Å². The number of tetrazole rings is 1. The summed E-state index contributed by atoms with van der Waals surface area (Å²) in [6.45, 7) is 0. The van der Waals surface area contributed by atoms with Crippen molar-refractivity contribution in [3.05, 3.63) is 42.2 Å². The summed E-state index contributed by atoms with van der Waals surface area (Å²) in [6, 6.07) is 9.86. The average Bonchev–Trinajstić information content (AvgIpc) is 3.10. The molecule has 1 aromatic carbocycles. The molecular formula is C18H25N5O. The molecule has 1 atom stereocenters. The van der Waals surface area contributed by atoms with Crippen LogP contribution in [-0.2, 0) is 11.2 Å². The average molecular weight is 327 g/mol. The van der Waals surface area contributed by atoms with Gasteiger partial charge in [-0.2, -0.15) is 0 Å². The number of nitrogens with zero attached hydrogens (tertiary/aromatic N) is 4. The molecule has 1 aromatic heterocycles. The molecule has 1 heterocycles. The van der Waals surface area contributed by atoms with Crippen LogP contribution in [0.3, 0.4) is 0 Å². The van der Waals surface area contributed by atoms with E-state index in [0.29, 0.717) is 6.42 Å². The molecule has 6 heteroatoms. The Hall–Kier alpha value is -2.24. The van der Waals surface area contributed by atoms with E-state index in [4.69, 9.17) is 0 Å². The van der Waals surface area contributed by atoms with Crippen LogP contribution in [0.2, 0.25) is 0 Å². The van der Waals surface area contributed by atoms with Crippen LogP contribution in [0.25, 0.3) is 0 Å². The van der Waals surface area contributed by atoms with Gasteiger partial charge in [0.15, 0.2) is 0 Å². The fraction of sp³-hybridized carbons (Fsp3) is 0.556. The molecule has 3 rings (SSSR count). The summed E-state index contributed by atoms with van der Waals surface area (Å²) in [7, 11) is 0. The number of amides is 1. The third-order valence-corrected chi connectivity index (χ3v) is 4.71. The maximum absolute atomic E-state index is 12.9. The molecule has 0 spiro atoms. The summed E-state index contributed by atoms with van der Waals surface area (Å²) >= 11 is 0. The van der Waals surface area contributed by atoms with Gasteiger partial charge in [-0.25, -0.2) is 4.68 Å². The van der Waals surface area contributed by atoms with Crippen LogP contribution in [0.1, 0.15) is 56.6 Å². The van der Waals surface area contributed by atoms with Gasteiger partial charge in [0, 0.05) is 12.5 Å². The number of benzene rings is 1. The number of rotatable bonds is 5. The Morgan fingerprint density at radius 2 is 1.83 bits per heavy atom. The van der Waals surface area contributed by atoms with Crippen molar-refractivity contribution in [2.75, 3.05) is 0 Å². The number of nitrogens with one attached hydrogen (secondary N) is 1. The molecule has 0 saturated heterocycles. The summed E-state index contributed by atoms with van der Waals surface area (Å²) in [4.78, 5) is 12.9. The van der Waals surface area contributed by atoms with Gasteiger partial charge in [0.05, 0.1) is 0 Å². The number of carbonyl (C=O) groups is 1. The highest BCUT2D eigenvalue weighted by Gasteiger charge is 2.24. The van der Waals surface area contributed by atoms with Gasteiger partial charge < -0.3 is 5.32 Å². The van der Waals surface area contributed by atoms with Crippen molar-refractivity contribution < 1.29 is 4.79 Å². The Morgan fingerprint density at radius 1 is 1.12 bits per heavy atom. The highest BCUT2D eigenvalue weighted by molar-refractivity contribution is 5.80. The second kappa shape index (κ2) is 8.57. The molecule has 128 valence electrons. The minimum absolute atomic E-state index is 0.0109. The maximum atomic E-state index is 12.9. The Morgan fingerprint density at radius 3 is 2.50 bits per heavy atom. The van der Waals surface area contributed by atoms with E-state index in [1.165, 1.54) is 38.4 Å². The van der Waals surface area contributed by atoms with Crippen LogP contribution in [0.5, 0.6) is 0 Å². The molecule has 24 heavy (non-hydrogen) atoms. The zero-order valence-electron chi connectivity index (χ0n) is 14.0. The van der Waals surface area contributed by atoms with Gasteiger partial charge in [0.25, 0.3) is 0 Å². The van der Waals surface area contributed by atoms with E-state index in [0.717, 1.165) is 18.4 Å². The van der Waals surface area contributed by atoms with E-state index in [-0.39, 0.29) is 11.9 Å². The molecule has 1 aliphatic carbocycles. The van der Waals surface area contributed by atoms with Gasteiger partial charge in [-0.3, -0.25) is 4.79 Å². The lowest BCUT2D eigenvalue weighted by molar-refractivity contribution is -0.125. The number of carbonyl (C=O) groups excluding carboxylic acids is 1. The molecule has 2 aromatic rings. The first-order valence-electron chi connectivity index (χ1n) is 8.90. The van der Waals surface area contributed by atoms with Crippen molar-refractivity contribution in [1.82, 2.24) is 25.5 Å². The first-order chi connectivity index (χ1) is 11.8. The van der Waals surface area contributed by atoms with Gasteiger partial charge in [-0.15, -0.1) is 5.10 Å². The summed E-state index contributed by atoms with van der Waals surface area (Å²) in [5.41, 5.74) is 1.10. The smallest absolute Gasteiger partial charge is 0.245 e. The molecule has 6 nitrogen and oxygen atoms in total. The first kappa shape index (κ1) is 16.6. The van der Waals surface area contributed by atoms with Crippen LogP contribution in [0.15, 0.2) is 36.7 Å². The predicted molar refractivity (Wildman–Crippen MR) is 91.2 cm³/mol. The normalized spacial score (nSPS) is 17.7. The van der Waals surface area contributed by atoms with Gasteiger partial charge in [0.2, 0.25) is 5.91 Å². The van der Waals surface area contributed by atoms with E-state index in [2.05, 4.69) is 20.8 Å². The number of hydrogen-bond donors (Lipinski definition) is 1. The van der Waals surface area contributed by atoms with Crippen LogP contribution in [0.4, 0.5) is 0 Å². The van der Waals surface area contributed by atoms with E-state index < -0.39 is 6.04 Å². The number of hydrogen-bond acceptors (Lipinski definition) is 4. The standard InChI is InChI=1S/C18H25N5O/c24-18(20-16-11-7-2-1-3-8-12-16)17(23-14-19-21-22-23)13-15-9-5-4-6-10-15/h4-6,9-10,14,16-17H,1-3,7-8,11-13H2,(H,20,24)/t17-/m0/s1. The second-order valence-corrected chi connectivity index (χ2v) is 6.55. The van der Waals surface area contributed by atoms with Crippen LogP contribution in [0, 0.1) is 0 Å². The summed E-state index contributed by atoms with van der Waals surface area (Å²) < 4.78 is 1.56. The SMILES string of the molecule is O=C(NC1CCCCCCC1)[C@H](Cc1ccccc1)n1cnnn1. The molecular weight excluding hydrogens is 302 g/mol. The molecule has 0 aliphatic heterocycles. The fourth-order valence-electron chi connectivity index (χ4n) is 3.35. The van der Waals surface area contributed by atoms with E-state index in [1.54, 1.807) is 4.68 Å². The monoisotopic (exact) mass is 327 g/mol.